The fourth-order valence-electron chi connectivity index (χ4n) is 2.14. The Kier molecular flexibility index (Phi) is 6.05. The minimum atomic E-state index is -1.06. The molecule has 2 aromatic rings. The summed E-state index contributed by atoms with van der Waals surface area (Å²) in [4.78, 5) is 27.5. The van der Waals surface area contributed by atoms with Gasteiger partial charge in [0.1, 0.15) is 5.75 Å². The van der Waals surface area contributed by atoms with Crippen molar-refractivity contribution in [2.75, 3.05) is 6.61 Å². The average molecular weight is 423 g/mol. The number of thioether (sulfide) groups is 1. The summed E-state index contributed by atoms with van der Waals surface area (Å²) in [5.74, 6) is -0.942. The largest absolute Gasteiger partial charge is 0.482 e. The number of amidine groups is 1. The number of rotatable bonds is 5. The minimum absolute atomic E-state index is 0.282. The molecule has 0 radical (unpaired) electrons. The van der Waals surface area contributed by atoms with Crippen LogP contribution in [0.2, 0.25) is 10.0 Å². The fourth-order valence-corrected chi connectivity index (χ4v) is 3.28. The number of nitrogens with zero attached hydrogens (tertiary/aromatic N) is 1. The minimum Gasteiger partial charge on any atom is -0.482 e. The maximum atomic E-state index is 12.2. The van der Waals surface area contributed by atoms with E-state index in [-0.39, 0.29) is 5.91 Å². The Morgan fingerprint density at radius 2 is 2.04 bits per heavy atom. The van der Waals surface area contributed by atoms with Gasteiger partial charge in [0.25, 0.3) is 5.91 Å². The molecule has 1 amide bonds. The number of carbonyl (C=O) groups is 2. The van der Waals surface area contributed by atoms with Gasteiger partial charge in [-0.05, 0) is 53.7 Å². The summed E-state index contributed by atoms with van der Waals surface area (Å²) in [5, 5.41) is 12.6. The molecule has 0 spiro atoms. The molecule has 9 heteroatoms. The molecule has 1 aliphatic heterocycles. The van der Waals surface area contributed by atoms with Gasteiger partial charge in [-0.2, -0.15) is 0 Å². The summed E-state index contributed by atoms with van der Waals surface area (Å²) in [5.41, 5.74) is 1.27. The van der Waals surface area contributed by atoms with Crippen LogP contribution < -0.4 is 10.1 Å². The highest BCUT2D eigenvalue weighted by Gasteiger charge is 2.23. The van der Waals surface area contributed by atoms with Crippen LogP contribution in [0.5, 0.6) is 5.75 Å². The molecule has 6 nitrogen and oxygen atoms in total. The van der Waals surface area contributed by atoms with Crippen molar-refractivity contribution in [2.24, 2.45) is 4.99 Å². The summed E-state index contributed by atoms with van der Waals surface area (Å²) >= 11 is 13.0. The summed E-state index contributed by atoms with van der Waals surface area (Å²) < 4.78 is 5.14. The molecule has 0 bridgehead atoms. The molecule has 1 fully saturated rings. The van der Waals surface area contributed by atoms with Crippen molar-refractivity contribution >= 4 is 63.8 Å². The van der Waals surface area contributed by atoms with E-state index < -0.39 is 12.6 Å². The second-order valence-corrected chi connectivity index (χ2v) is 7.18. The van der Waals surface area contributed by atoms with Crippen molar-refractivity contribution in [1.82, 2.24) is 5.32 Å². The van der Waals surface area contributed by atoms with Gasteiger partial charge in [0.2, 0.25) is 0 Å². The molecule has 3 rings (SSSR count). The molecule has 2 aromatic carbocycles. The van der Waals surface area contributed by atoms with Gasteiger partial charge in [-0.1, -0.05) is 35.3 Å². The zero-order valence-corrected chi connectivity index (χ0v) is 15.9. The number of aliphatic carboxylic acids is 1. The van der Waals surface area contributed by atoms with Crippen molar-refractivity contribution in [3.8, 4) is 5.75 Å². The normalized spacial score (nSPS) is 16.6. The summed E-state index contributed by atoms with van der Waals surface area (Å²) in [6.45, 7) is -0.435. The van der Waals surface area contributed by atoms with Crippen LogP contribution in [0, 0.1) is 0 Å². The number of benzene rings is 2. The number of ether oxygens (including phenoxy) is 1. The van der Waals surface area contributed by atoms with Crippen molar-refractivity contribution < 1.29 is 19.4 Å². The number of amides is 1. The third kappa shape index (κ3) is 5.26. The SMILES string of the molecule is O=C(O)COc1cccc(/C=C2/SC(=Nc3ccc(Cl)c(Cl)c3)NC2=O)c1. The Labute approximate surface area is 168 Å². The van der Waals surface area contributed by atoms with E-state index in [1.807, 2.05) is 0 Å². The highest BCUT2D eigenvalue weighted by Crippen LogP contribution is 2.31. The first-order chi connectivity index (χ1) is 12.9. The van der Waals surface area contributed by atoms with E-state index in [1.54, 1.807) is 48.5 Å². The van der Waals surface area contributed by atoms with E-state index in [9.17, 15) is 9.59 Å². The molecular weight excluding hydrogens is 411 g/mol. The number of hydrogen-bond donors (Lipinski definition) is 2. The Bertz CT molecular complexity index is 976. The number of carbonyl (C=O) groups excluding carboxylic acids is 1. The van der Waals surface area contributed by atoms with Crippen LogP contribution in [-0.4, -0.2) is 28.8 Å². The molecule has 0 saturated carbocycles. The molecule has 138 valence electrons. The van der Waals surface area contributed by atoms with E-state index in [4.69, 9.17) is 33.0 Å². The molecule has 0 aromatic heterocycles. The smallest absolute Gasteiger partial charge is 0.341 e. The topological polar surface area (TPSA) is 88.0 Å². The van der Waals surface area contributed by atoms with E-state index in [0.29, 0.717) is 37.1 Å². The molecule has 1 heterocycles. The van der Waals surface area contributed by atoms with Crippen molar-refractivity contribution in [3.63, 3.8) is 0 Å². The number of carboxylic acids is 1. The van der Waals surface area contributed by atoms with Gasteiger partial charge in [0.05, 0.1) is 20.6 Å². The van der Waals surface area contributed by atoms with Gasteiger partial charge in [-0.15, -0.1) is 0 Å². The number of aliphatic imine (C=N–C) groups is 1. The predicted molar refractivity (Wildman–Crippen MR) is 107 cm³/mol. The quantitative estimate of drug-likeness (QED) is 0.699. The Hall–Kier alpha value is -2.48. The number of nitrogens with one attached hydrogen (secondary N) is 1. The maximum absolute atomic E-state index is 12.2. The van der Waals surface area contributed by atoms with Crippen LogP contribution in [0.1, 0.15) is 5.56 Å². The van der Waals surface area contributed by atoms with Crippen LogP contribution in [0.3, 0.4) is 0 Å². The molecule has 0 unspecified atom stereocenters. The third-order valence-corrected chi connectivity index (χ3v) is 4.95. The summed E-state index contributed by atoms with van der Waals surface area (Å²) in [7, 11) is 0. The van der Waals surface area contributed by atoms with Gasteiger partial charge < -0.3 is 15.2 Å². The zero-order valence-electron chi connectivity index (χ0n) is 13.6. The van der Waals surface area contributed by atoms with E-state index >= 15 is 0 Å². The molecule has 27 heavy (non-hydrogen) atoms. The molecular formula is C18H12Cl2N2O4S. The third-order valence-electron chi connectivity index (χ3n) is 3.30. The fraction of sp³-hybridized carbons (Fsp3) is 0.0556. The monoisotopic (exact) mass is 422 g/mol. The molecule has 0 aliphatic carbocycles. The lowest BCUT2D eigenvalue weighted by Crippen LogP contribution is -2.19. The molecule has 0 atom stereocenters. The van der Waals surface area contributed by atoms with Crippen LogP contribution in [0.25, 0.3) is 6.08 Å². The van der Waals surface area contributed by atoms with Crippen LogP contribution >= 0.6 is 35.0 Å². The lowest BCUT2D eigenvalue weighted by molar-refractivity contribution is -0.139. The summed E-state index contributed by atoms with van der Waals surface area (Å²) in [6.07, 6.45) is 1.67. The predicted octanol–water partition coefficient (Wildman–Crippen LogP) is 4.35. The van der Waals surface area contributed by atoms with Crippen molar-refractivity contribution in [3.05, 3.63) is 63.0 Å². The van der Waals surface area contributed by atoms with E-state index in [2.05, 4.69) is 10.3 Å². The molecule has 2 N–H and O–H groups in total. The highest BCUT2D eigenvalue weighted by atomic mass is 35.5. The Morgan fingerprint density at radius 3 is 2.78 bits per heavy atom. The number of halogens is 2. The molecule has 1 saturated heterocycles. The summed E-state index contributed by atoms with van der Waals surface area (Å²) in [6, 6.07) is 11.7. The first-order valence-corrected chi connectivity index (χ1v) is 9.17. The second kappa shape index (κ2) is 8.47. The second-order valence-electron chi connectivity index (χ2n) is 5.34. The van der Waals surface area contributed by atoms with Crippen LogP contribution in [0.4, 0.5) is 5.69 Å². The van der Waals surface area contributed by atoms with Gasteiger partial charge in [-0.25, -0.2) is 9.79 Å². The number of hydrogen-bond acceptors (Lipinski definition) is 5. The first-order valence-electron chi connectivity index (χ1n) is 7.60. The first kappa shape index (κ1) is 19.3. The standard InChI is InChI=1S/C18H12Cl2N2O4S/c19-13-5-4-11(8-14(13)20)21-18-22-17(25)15(27-18)7-10-2-1-3-12(6-10)26-9-16(23)24/h1-8H,9H2,(H,23,24)(H,21,22,25)/b15-7+. The van der Waals surface area contributed by atoms with Crippen LogP contribution in [-0.2, 0) is 9.59 Å². The van der Waals surface area contributed by atoms with Gasteiger partial charge in [0.15, 0.2) is 11.8 Å². The van der Waals surface area contributed by atoms with Crippen LogP contribution in [0.15, 0.2) is 52.4 Å². The van der Waals surface area contributed by atoms with Gasteiger partial charge >= 0.3 is 5.97 Å². The lowest BCUT2D eigenvalue weighted by atomic mass is 10.2. The Morgan fingerprint density at radius 1 is 1.22 bits per heavy atom. The van der Waals surface area contributed by atoms with Crippen molar-refractivity contribution in [1.29, 1.82) is 0 Å². The highest BCUT2D eigenvalue weighted by molar-refractivity contribution is 8.18. The average Bonchev–Trinajstić information content (AvgIpc) is 2.96. The van der Waals surface area contributed by atoms with Gasteiger partial charge in [0, 0.05) is 0 Å². The van der Waals surface area contributed by atoms with E-state index in [1.165, 1.54) is 11.8 Å². The zero-order chi connectivity index (χ0) is 19.4. The molecule has 1 aliphatic rings. The Balaban J connectivity index is 1.77. The maximum Gasteiger partial charge on any atom is 0.341 e. The van der Waals surface area contributed by atoms with Crippen molar-refractivity contribution in [2.45, 2.75) is 0 Å². The number of carboxylic acid groups (broad SMARTS) is 1. The van der Waals surface area contributed by atoms with E-state index in [0.717, 1.165) is 0 Å². The van der Waals surface area contributed by atoms with Gasteiger partial charge in [-0.3, -0.25) is 4.79 Å². The lowest BCUT2D eigenvalue weighted by Gasteiger charge is -2.03.